The number of nitrogens with zero attached hydrogens (tertiary/aromatic N) is 2. The molecule has 1 N–H and O–H groups in total. The fraction of sp³-hybridized carbons (Fsp3) is 0.407. The molecule has 0 aliphatic carbocycles. The van der Waals surface area contributed by atoms with Crippen molar-refractivity contribution in [2.45, 2.75) is 25.8 Å². The van der Waals surface area contributed by atoms with E-state index in [1.807, 2.05) is 0 Å². The van der Waals surface area contributed by atoms with Crippen molar-refractivity contribution in [1.82, 2.24) is 9.80 Å². The first kappa shape index (κ1) is 24.9. The molecule has 4 rings (SSSR count). The first-order valence-electron chi connectivity index (χ1n) is 12.1. The summed E-state index contributed by atoms with van der Waals surface area (Å²) in [5.74, 6) is -1.91. The summed E-state index contributed by atoms with van der Waals surface area (Å²) in [5.41, 5.74) is 0.393. The van der Waals surface area contributed by atoms with Gasteiger partial charge in [0.1, 0.15) is 17.3 Å². The predicted molar refractivity (Wildman–Crippen MR) is 130 cm³/mol. The minimum absolute atomic E-state index is 0.118. The SMILES string of the molecule is CCCCOc1cccc(C(O)=C2C(=O)C(=O)N(CCN3CCOCC3)C2c2ccccc2F)c1. The van der Waals surface area contributed by atoms with Gasteiger partial charge in [0, 0.05) is 37.3 Å². The molecule has 0 radical (unpaired) electrons. The number of amides is 1. The number of hydrogen-bond acceptors (Lipinski definition) is 6. The molecule has 1 unspecified atom stereocenters. The van der Waals surface area contributed by atoms with Crippen LogP contribution >= 0.6 is 0 Å². The number of halogens is 1. The maximum Gasteiger partial charge on any atom is 0.295 e. The van der Waals surface area contributed by atoms with Crippen LogP contribution in [0.5, 0.6) is 5.75 Å². The molecular weight excluding hydrogens is 451 g/mol. The molecule has 2 aliphatic rings. The second-order valence-electron chi connectivity index (χ2n) is 8.70. The molecule has 1 atom stereocenters. The third kappa shape index (κ3) is 5.55. The Hall–Kier alpha value is -3.23. The number of morpholine rings is 1. The zero-order valence-corrected chi connectivity index (χ0v) is 19.9. The van der Waals surface area contributed by atoms with Gasteiger partial charge in [-0.15, -0.1) is 0 Å². The lowest BCUT2D eigenvalue weighted by atomic mass is 9.95. The zero-order chi connectivity index (χ0) is 24.8. The Bertz CT molecular complexity index is 1100. The van der Waals surface area contributed by atoms with Crippen LogP contribution in [-0.4, -0.2) is 72.6 Å². The summed E-state index contributed by atoms with van der Waals surface area (Å²) in [5, 5.41) is 11.2. The number of hydrogen-bond donors (Lipinski definition) is 1. The van der Waals surface area contributed by atoms with Crippen LogP contribution in [0.2, 0.25) is 0 Å². The van der Waals surface area contributed by atoms with Gasteiger partial charge in [-0.2, -0.15) is 0 Å². The second kappa shape index (κ2) is 11.5. The minimum atomic E-state index is -1.03. The summed E-state index contributed by atoms with van der Waals surface area (Å²) in [6.45, 7) is 5.98. The number of rotatable bonds is 9. The molecule has 2 saturated heterocycles. The summed E-state index contributed by atoms with van der Waals surface area (Å²) in [6.07, 6.45) is 1.87. The van der Waals surface area contributed by atoms with Gasteiger partial charge >= 0.3 is 0 Å². The first-order valence-corrected chi connectivity index (χ1v) is 12.1. The molecule has 0 bridgehead atoms. The first-order chi connectivity index (χ1) is 17.0. The summed E-state index contributed by atoms with van der Waals surface area (Å²) < 4.78 is 26.1. The van der Waals surface area contributed by atoms with Gasteiger partial charge in [-0.25, -0.2) is 4.39 Å². The smallest absolute Gasteiger partial charge is 0.295 e. The van der Waals surface area contributed by atoms with Crippen molar-refractivity contribution in [2.75, 3.05) is 46.0 Å². The monoisotopic (exact) mass is 482 g/mol. The van der Waals surface area contributed by atoms with E-state index in [1.165, 1.54) is 11.0 Å². The Labute approximate surface area is 204 Å². The van der Waals surface area contributed by atoms with Crippen LogP contribution in [-0.2, 0) is 14.3 Å². The van der Waals surface area contributed by atoms with E-state index in [-0.39, 0.29) is 23.4 Å². The largest absolute Gasteiger partial charge is 0.507 e. The van der Waals surface area contributed by atoms with E-state index in [2.05, 4.69) is 11.8 Å². The van der Waals surface area contributed by atoms with Gasteiger partial charge in [-0.05, 0) is 24.6 Å². The molecule has 0 spiro atoms. The quantitative estimate of drug-likeness (QED) is 0.254. The van der Waals surface area contributed by atoms with Crippen molar-refractivity contribution in [3.8, 4) is 5.75 Å². The highest BCUT2D eigenvalue weighted by Crippen LogP contribution is 2.40. The van der Waals surface area contributed by atoms with Crippen molar-refractivity contribution in [2.24, 2.45) is 0 Å². The molecular formula is C27H31FN2O5. The average Bonchev–Trinajstić information content (AvgIpc) is 3.13. The topological polar surface area (TPSA) is 79.3 Å². The minimum Gasteiger partial charge on any atom is -0.507 e. The lowest BCUT2D eigenvalue weighted by molar-refractivity contribution is -0.140. The standard InChI is InChI=1S/C27H31FN2O5/c1-2-3-15-35-20-8-6-7-19(18-20)25(31)23-24(21-9-4-5-10-22(21)28)30(27(33)26(23)32)12-11-29-13-16-34-17-14-29/h4-10,18,24,31H,2-3,11-17H2,1H3. The Balaban J connectivity index is 1.70. The molecule has 8 heteroatoms. The van der Waals surface area contributed by atoms with Crippen LogP contribution in [0.15, 0.2) is 54.1 Å². The summed E-state index contributed by atoms with van der Waals surface area (Å²) in [7, 11) is 0. The van der Waals surface area contributed by atoms with Crippen LogP contribution in [0.25, 0.3) is 5.76 Å². The van der Waals surface area contributed by atoms with Gasteiger partial charge in [-0.3, -0.25) is 14.5 Å². The van der Waals surface area contributed by atoms with Crippen molar-refractivity contribution >= 4 is 17.4 Å². The number of aliphatic hydroxyl groups excluding tert-OH is 1. The highest BCUT2D eigenvalue weighted by molar-refractivity contribution is 6.46. The molecule has 1 amide bonds. The van der Waals surface area contributed by atoms with E-state index in [4.69, 9.17) is 9.47 Å². The van der Waals surface area contributed by atoms with Crippen molar-refractivity contribution in [3.05, 3.63) is 71.0 Å². The number of carbonyl (C=O) groups excluding carboxylic acids is 2. The van der Waals surface area contributed by atoms with Crippen LogP contribution in [0.1, 0.15) is 36.9 Å². The fourth-order valence-corrected chi connectivity index (χ4v) is 4.43. The summed E-state index contributed by atoms with van der Waals surface area (Å²) >= 11 is 0. The third-order valence-electron chi connectivity index (χ3n) is 6.37. The van der Waals surface area contributed by atoms with Gasteiger partial charge in [0.2, 0.25) is 0 Å². The summed E-state index contributed by atoms with van der Waals surface area (Å²) in [4.78, 5) is 29.8. The third-order valence-corrected chi connectivity index (χ3v) is 6.37. The molecule has 7 nitrogen and oxygen atoms in total. The number of unbranched alkanes of at least 4 members (excludes halogenated alkanes) is 1. The Morgan fingerprint density at radius 1 is 1.11 bits per heavy atom. The lowest BCUT2D eigenvalue weighted by Crippen LogP contribution is -2.42. The molecule has 186 valence electrons. The lowest BCUT2D eigenvalue weighted by Gasteiger charge is -2.31. The fourth-order valence-electron chi connectivity index (χ4n) is 4.43. The maximum absolute atomic E-state index is 14.9. The maximum atomic E-state index is 14.9. The van der Waals surface area contributed by atoms with E-state index in [1.54, 1.807) is 42.5 Å². The Morgan fingerprint density at radius 2 is 1.89 bits per heavy atom. The number of ketones is 1. The van der Waals surface area contributed by atoms with Gasteiger partial charge in [0.05, 0.1) is 31.4 Å². The van der Waals surface area contributed by atoms with E-state index in [0.717, 1.165) is 25.9 Å². The molecule has 2 aliphatic heterocycles. The summed E-state index contributed by atoms with van der Waals surface area (Å²) in [6, 6.07) is 11.8. The van der Waals surface area contributed by atoms with Crippen LogP contribution < -0.4 is 4.74 Å². The number of ether oxygens (including phenoxy) is 2. The van der Waals surface area contributed by atoms with E-state index in [9.17, 15) is 19.1 Å². The number of aliphatic hydroxyl groups is 1. The van der Waals surface area contributed by atoms with Gasteiger partial charge in [0.25, 0.3) is 11.7 Å². The van der Waals surface area contributed by atoms with Gasteiger partial charge in [-0.1, -0.05) is 43.7 Å². The van der Waals surface area contributed by atoms with Gasteiger partial charge < -0.3 is 19.5 Å². The van der Waals surface area contributed by atoms with E-state index in [0.29, 0.717) is 37.7 Å². The molecule has 2 aromatic rings. The van der Waals surface area contributed by atoms with Gasteiger partial charge in [0.15, 0.2) is 0 Å². The molecule has 2 fully saturated rings. The van der Waals surface area contributed by atoms with Crippen LogP contribution in [0.3, 0.4) is 0 Å². The van der Waals surface area contributed by atoms with Crippen molar-refractivity contribution < 1.29 is 28.6 Å². The molecule has 0 saturated carbocycles. The number of carbonyl (C=O) groups is 2. The Morgan fingerprint density at radius 3 is 2.63 bits per heavy atom. The molecule has 2 heterocycles. The van der Waals surface area contributed by atoms with Crippen LogP contribution in [0.4, 0.5) is 4.39 Å². The van der Waals surface area contributed by atoms with Crippen molar-refractivity contribution in [1.29, 1.82) is 0 Å². The highest BCUT2D eigenvalue weighted by Gasteiger charge is 2.46. The normalized spacial score (nSPS) is 20.4. The molecule has 35 heavy (non-hydrogen) atoms. The van der Waals surface area contributed by atoms with Crippen LogP contribution in [0, 0.1) is 5.82 Å². The molecule has 2 aromatic carbocycles. The molecule has 0 aromatic heterocycles. The average molecular weight is 483 g/mol. The van der Waals surface area contributed by atoms with E-state index >= 15 is 0 Å². The zero-order valence-electron chi connectivity index (χ0n) is 19.9. The Kier molecular flexibility index (Phi) is 8.15. The number of benzene rings is 2. The highest BCUT2D eigenvalue weighted by atomic mass is 19.1. The number of likely N-dealkylation sites (tertiary alicyclic amines) is 1. The van der Waals surface area contributed by atoms with E-state index < -0.39 is 23.5 Å². The van der Waals surface area contributed by atoms with Crippen molar-refractivity contribution in [3.63, 3.8) is 0 Å². The second-order valence-corrected chi connectivity index (χ2v) is 8.70. The predicted octanol–water partition coefficient (Wildman–Crippen LogP) is 3.76. The number of Topliss-reactive ketones (excluding diaryl/α,β-unsaturated/α-hetero) is 1.